The van der Waals surface area contributed by atoms with E-state index in [9.17, 15) is 4.79 Å². The van der Waals surface area contributed by atoms with Crippen molar-refractivity contribution in [3.05, 3.63) is 71.0 Å². The molecule has 0 atom stereocenters. The molecule has 0 radical (unpaired) electrons. The summed E-state index contributed by atoms with van der Waals surface area (Å²) in [5.41, 5.74) is 2.78. The molecule has 4 aromatic rings. The quantitative estimate of drug-likeness (QED) is 0.454. The highest BCUT2D eigenvalue weighted by molar-refractivity contribution is 6.31. The second kappa shape index (κ2) is 8.97. The van der Waals surface area contributed by atoms with Crippen molar-refractivity contribution in [2.24, 2.45) is 7.05 Å². The zero-order valence-electron chi connectivity index (χ0n) is 17.0. The van der Waals surface area contributed by atoms with Gasteiger partial charge in [-0.15, -0.1) is 0 Å². The first-order valence-corrected chi connectivity index (χ1v) is 9.95. The Labute approximate surface area is 183 Å². The monoisotopic (exact) mass is 437 g/mol. The van der Waals surface area contributed by atoms with Gasteiger partial charge in [-0.05, 0) is 30.5 Å². The average Bonchev–Trinajstić information content (AvgIpc) is 3.40. The zero-order valence-corrected chi connectivity index (χ0v) is 17.7. The van der Waals surface area contributed by atoms with Crippen LogP contribution >= 0.6 is 11.6 Å². The van der Waals surface area contributed by atoms with E-state index in [4.69, 9.17) is 16.0 Å². The molecule has 0 bridgehead atoms. The summed E-state index contributed by atoms with van der Waals surface area (Å²) < 4.78 is 7.05. The average molecular weight is 438 g/mol. The van der Waals surface area contributed by atoms with E-state index in [-0.39, 0.29) is 5.89 Å². The first-order valence-electron chi connectivity index (χ1n) is 9.57. The SMILES string of the molecule is Cc1cnc(Nc2ccnn2C)nc1-c1coc(C(=O)NCCc2ccccc2Cl)n1. The van der Waals surface area contributed by atoms with Crippen LogP contribution in [0, 0.1) is 6.92 Å². The highest BCUT2D eigenvalue weighted by Gasteiger charge is 2.17. The summed E-state index contributed by atoms with van der Waals surface area (Å²) in [6, 6.07) is 9.33. The van der Waals surface area contributed by atoms with Gasteiger partial charge in [0.25, 0.3) is 5.89 Å². The van der Waals surface area contributed by atoms with Gasteiger partial charge in [-0.2, -0.15) is 5.10 Å². The Morgan fingerprint density at radius 1 is 1.23 bits per heavy atom. The Hall–Kier alpha value is -3.72. The number of nitrogens with zero attached hydrogens (tertiary/aromatic N) is 5. The first kappa shape index (κ1) is 20.5. The van der Waals surface area contributed by atoms with Crippen molar-refractivity contribution in [1.82, 2.24) is 30.0 Å². The summed E-state index contributed by atoms with van der Waals surface area (Å²) in [5.74, 6) is 0.693. The van der Waals surface area contributed by atoms with Gasteiger partial charge in [-0.3, -0.25) is 9.48 Å². The molecule has 3 aromatic heterocycles. The van der Waals surface area contributed by atoms with Gasteiger partial charge >= 0.3 is 5.91 Å². The van der Waals surface area contributed by atoms with Gasteiger partial charge in [-0.25, -0.2) is 15.0 Å². The van der Waals surface area contributed by atoms with Crippen LogP contribution in [0.4, 0.5) is 11.8 Å². The molecule has 1 aromatic carbocycles. The fourth-order valence-corrected chi connectivity index (χ4v) is 3.18. The molecule has 31 heavy (non-hydrogen) atoms. The van der Waals surface area contributed by atoms with Gasteiger partial charge < -0.3 is 15.1 Å². The van der Waals surface area contributed by atoms with Crippen LogP contribution in [0.1, 0.15) is 21.8 Å². The lowest BCUT2D eigenvalue weighted by Gasteiger charge is -2.07. The summed E-state index contributed by atoms with van der Waals surface area (Å²) in [6.45, 7) is 2.27. The van der Waals surface area contributed by atoms with Crippen molar-refractivity contribution in [2.75, 3.05) is 11.9 Å². The number of rotatable bonds is 7. The van der Waals surface area contributed by atoms with E-state index in [1.165, 1.54) is 6.26 Å². The van der Waals surface area contributed by atoms with Gasteiger partial charge in [-0.1, -0.05) is 29.8 Å². The largest absolute Gasteiger partial charge is 0.440 e. The number of aromatic nitrogens is 5. The number of carbonyl (C=O) groups is 1. The van der Waals surface area contributed by atoms with Crippen molar-refractivity contribution in [3.8, 4) is 11.4 Å². The lowest BCUT2D eigenvalue weighted by molar-refractivity contribution is 0.0919. The highest BCUT2D eigenvalue weighted by Crippen LogP contribution is 2.22. The molecule has 1 amide bonds. The molecule has 158 valence electrons. The number of amides is 1. The van der Waals surface area contributed by atoms with Gasteiger partial charge in [0.05, 0.1) is 6.20 Å². The lowest BCUT2D eigenvalue weighted by atomic mass is 10.1. The number of nitrogens with one attached hydrogen (secondary N) is 2. The smallest absolute Gasteiger partial charge is 0.307 e. The molecule has 0 unspecified atom stereocenters. The summed E-state index contributed by atoms with van der Waals surface area (Å²) in [5, 5.41) is 10.7. The van der Waals surface area contributed by atoms with Crippen molar-refractivity contribution in [3.63, 3.8) is 0 Å². The Bertz CT molecular complexity index is 1220. The summed E-state index contributed by atoms with van der Waals surface area (Å²) >= 11 is 6.14. The Balaban J connectivity index is 1.44. The maximum absolute atomic E-state index is 12.4. The second-order valence-electron chi connectivity index (χ2n) is 6.83. The van der Waals surface area contributed by atoms with Crippen LogP contribution in [-0.2, 0) is 13.5 Å². The van der Waals surface area contributed by atoms with Gasteiger partial charge in [0, 0.05) is 30.9 Å². The van der Waals surface area contributed by atoms with E-state index in [0.29, 0.717) is 35.3 Å². The minimum absolute atomic E-state index is 0.0340. The normalized spacial score (nSPS) is 10.8. The Kier molecular flexibility index (Phi) is 5.94. The minimum Gasteiger partial charge on any atom is -0.440 e. The molecule has 0 aliphatic rings. The molecule has 9 nitrogen and oxygen atoms in total. The molecule has 0 aliphatic carbocycles. The summed E-state index contributed by atoms with van der Waals surface area (Å²) in [7, 11) is 1.81. The number of aryl methyl sites for hydroxylation is 2. The molecular weight excluding hydrogens is 418 g/mol. The zero-order chi connectivity index (χ0) is 21.8. The molecule has 10 heteroatoms. The molecule has 4 rings (SSSR count). The predicted molar refractivity (Wildman–Crippen MR) is 116 cm³/mol. The number of carbonyl (C=O) groups excluding carboxylic acids is 1. The van der Waals surface area contributed by atoms with Crippen LogP contribution in [0.2, 0.25) is 5.02 Å². The molecule has 0 saturated carbocycles. The van der Waals surface area contributed by atoms with Crippen LogP contribution in [0.3, 0.4) is 0 Å². The van der Waals surface area contributed by atoms with Crippen LogP contribution < -0.4 is 10.6 Å². The number of anilines is 2. The fraction of sp³-hybridized carbons (Fsp3) is 0.190. The third-order valence-electron chi connectivity index (χ3n) is 4.61. The minimum atomic E-state index is -0.404. The highest BCUT2D eigenvalue weighted by atomic mass is 35.5. The van der Waals surface area contributed by atoms with E-state index in [0.717, 1.165) is 16.9 Å². The van der Waals surface area contributed by atoms with E-state index in [1.807, 2.05) is 44.3 Å². The van der Waals surface area contributed by atoms with Gasteiger partial charge in [0.1, 0.15) is 23.5 Å². The second-order valence-corrected chi connectivity index (χ2v) is 7.23. The molecule has 2 N–H and O–H groups in total. The lowest BCUT2D eigenvalue weighted by Crippen LogP contribution is -2.26. The third-order valence-corrected chi connectivity index (χ3v) is 4.98. The Morgan fingerprint density at radius 3 is 2.84 bits per heavy atom. The predicted octanol–water partition coefficient (Wildman–Crippen LogP) is 3.54. The standard InChI is InChI=1S/C21H20ClN7O2/c1-13-11-24-21(27-17-8-10-25-29(17)2)28-18(13)16-12-31-20(26-16)19(30)23-9-7-14-5-3-4-6-15(14)22/h3-6,8,10-12H,7,9H2,1-2H3,(H,23,30)(H,24,27,28). The number of hydrogen-bond donors (Lipinski definition) is 2. The molecule has 0 aliphatic heterocycles. The van der Waals surface area contributed by atoms with Gasteiger partial charge in [0.2, 0.25) is 5.95 Å². The maximum Gasteiger partial charge on any atom is 0.307 e. The van der Waals surface area contributed by atoms with Crippen molar-refractivity contribution < 1.29 is 9.21 Å². The molecule has 0 saturated heterocycles. The molecule has 3 heterocycles. The number of halogens is 1. The Morgan fingerprint density at radius 2 is 2.06 bits per heavy atom. The number of benzene rings is 1. The van der Waals surface area contributed by atoms with E-state index in [1.54, 1.807) is 17.1 Å². The number of hydrogen-bond acceptors (Lipinski definition) is 7. The first-order chi connectivity index (χ1) is 15.0. The molecular formula is C21H20ClN7O2. The van der Waals surface area contributed by atoms with Crippen LogP contribution in [0.25, 0.3) is 11.4 Å². The summed E-state index contributed by atoms with van der Waals surface area (Å²) in [4.78, 5) is 25.5. The molecule has 0 spiro atoms. The van der Waals surface area contributed by atoms with Gasteiger partial charge in [0.15, 0.2) is 0 Å². The van der Waals surface area contributed by atoms with E-state index < -0.39 is 5.91 Å². The fourth-order valence-electron chi connectivity index (χ4n) is 2.95. The maximum atomic E-state index is 12.4. The van der Waals surface area contributed by atoms with E-state index in [2.05, 4.69) is 30.7 Å². The van der Waals surface area contributed by atoms with Crippen molar-refractivity contribution in [1.29, 1.82) is 0 Å². The summed E-state index contributed by atoms with van der Waals surface area (Å²) in [6.07, 6.45) is 5.37. The van der Waals surface area contributed by atoms with Crippen LogP contribution in [0.5, 0.6) is 0 Å². The number of oxazole rings is 1. The van der Waals surface area contributed by atoms with E-state index >= 15 is 0 Å². The van der Waals surface area contributed by atoms with Crippen molar-refractivity contribution >= 4 is 29.3 Å². The van der Waals surface area contributed by atoms with Crippen LogP contribution in [-0.4, -0.2) is 37.2 Å². The topological polar surface area (TPSA) is 111 Å². The van der Waals surface area contributed by atoms with Crippen molar-refractivity contribution in [2.45, 2.75) is 13.3 Å². The third kappa shape index (κ3) is 4.72. The molecule has 0 fully saturated rings. The van der Waals surface area contributed by atoms with Crippen LogP contribution in [0.15, 0.2) is 53.4 Å².